The molecule has 1 radical (unpaired) electrons. The lowest BCUT2D eigenvalue weighted by Gasteiger charge is -2.50. The largest absolute Gasteiger partial charge is 0.481 e. The number of anilines is 1. The molecule has 213 valence electrons. The molecule has 1 unspecified atom stereocenters. The summed E-state index contributed by atoms with van der Waals surface area (Å²) in [5, 5.41) is 38.1. The first-order valence-corrected chi connectivity index (χ1v) is 14.6. The second-order valence-corrected chi connectivity index (χ2v) is 13.4. The van der Waals surface area contributed by atoms with Crippen molar-refractivity contribution in [3.8, 4) is 0 Å². The number of hydroxylamine groups is 2. The van der Waals surface area contributed by atoms with E-state index in [0.717, 1.165) is 5.06 Å². The molecule has 0 aromatic carbocycles. The van der Waals surface area contributed by atoms with Gasteiger partial charge in [0, 0.05) is 17.1 Å². The van der Waals surface area contributed by atoms with E-state index >= 15 is 0 Å². The van der Waals surface area contributed by atoms with Crippen molar-refractivity contribution in [2.45, 2.75) is 82.2 Å². The molecule has 2 aliphatic rings. The van der Waals surface area contributed by atoms with Crippen molar-refractivity contribution in [3.05, 3.63) is 12.7 Å². The molecule has 2 fully saturated rings. The fourth-order valence-electron chi connectivity index (χ4n) is 5.12. The molecule has 0 bridgehead atoms. The third-order valence-corrected chi connectivity index (χ3v) is 8.67. The van der Waals surface area contributed by atoms with E-state index < -0.39 is 57.9 Å². The number of hydrogen-bond donors (Lipinski definition) is 6. The van der Waals surface area contributed by atoms with Crippen molar-refractivity contribution in [2.75, 3.05) is 11.9 Å². The number of piperidine rings is 1. The topological polar surface area (TPSA) is 242 Å². The Labute approximate surface area is 217 Å². The molecule has 0 aliphatic carbocycles. The molecule has 0 amide bonds. The van der Waals surface area contributed by atoms with Crippen LogP contribution in [0.2, 0.25) is 0 Å². The maximum Gasteiger partial charge on any atom is 0.481 e. The molecular formula is C19H31N6O11P2. The molecule has 2 aromatic rings. The molecule has 5 atom stereocenters. The van der Waals surface area contributed by atoms with Crippen LogP contribution in [0, 0.1) is 0 Å². The highest BCUT2D eigenvalue weighted by atomic mass is 31.3. The minimum absolute atomic E-state index is 0.102. The highest BCUT2D eigenvalue weighted by molar-refractivity contribution is 7.60. The van der Waals surface area contributed by atoms with Crippen LogP contribution >= 0.6 is 15.6 Å². The number of aliphatic hydroxyl groups excluding tert-OH is 2. The number of imidazole rings is 1. The monoisotopic (exact) mass is 581 g/mol. The van der Waals surface area contributed by atoms with E-state index in [1.807, 2.05) is 27.7 Å². The lowest BCUT2D eigenvalue weighted by atomic mass is 9.79. The average molecular weight is 581 g/mol. The molecule has 17 nitrogen and oxygen atoms in total. The number of aromatic nitrogens is 4. The third kappa shape index (κ3) is 6.09. The van der Waals surface area contributed by atoms with Gasteiger partial charge in [0.05, 0.1) is 12.9 Å². The number of phosphoric acid groups is 2. The van der Waals surface area contributed by atoms with E-state index in [1.54, 1.807) is 0 Å². The van der Waals surface area contributed by atoms with Crippen LogP contribution in [0.1, 0.15) is 46.8 Å². The summed E-state index contributed by atoms with van der Waals surface area (Å²) >= 11 is 0. The number of nitrogens with one attached hydrogen (secondary N) is 1. The van der Waals surface area contributed by atoms with Gasteiger partial charge in [-0.1, -0.05) is 0 Å². The lowest BCUT2D eigenvalue weighted by molar-refractivity contribution is -0.288. The van der Waals surface area contributed by atoms with Gasteiger partial charge in [0.15, 0.2) is 23.2 Å². The number of phosphoric ester groups is 1. The van der Waals surface area contributed by atoms with Crippen molar-refractivity contribution in [1.82, 2.24) is 24.6 Å². The van der Waals surface area contributed by atoms with E-state index in [4.69, 9.17) is 14.5 Å². The first kappa shape index (κ1) is 29.4. The minimum atomic E-state index is -5.33. The maximum absolute atomic E-state index is 12.7. The zero-order chi connectivity index (χ0) is 28.3. The Morgan fingerprint density at radius 1 is 1.08 bits per heavy atom. The van der Waals surface area contributed by atoms with E-state index in [9.17, 15) is 29.4 Å². The number of aliphatic hydroxyl groups is 2. The molecule has 19 heteroatoms. The normalized spacial score (nSPS) is 29.9. The summed E-state index contributed by atoms with van der Waals surface area (Å²) in [5.74, 6) is 0.397. The van der Waals surface area contributed by atoms with Crippen LogP contribution in [0.5, 0.6) is 0 Å². The smallest absolute Gasteiger partial charge is 0.387 e. The zero-order valence-electron chi connectivity index (χ0n) is 21.0. The first-order valence-electron chi connectivity index (χ1n) is 11.6. The van der Waals surface area contributed by atoms with Gasteiger partial charge in [0.25, 0.3) is 0 Å². The van der Waals surface area contributed by atoms with E-state index in [1.165, 1.54) is 17.2 Å². The highest BCUT2D eigenvalue weighted by Crippen LogP contribution is 2.57. The summed E-state index contributed by atoms with van der Waals surface area (Å²) in [6.45, 7) is 6.66. The van der Waals surface area contributed by atoms with Gasteiger partial charge in [0.1, 0.15) is 24.6 Å². The SMILES string of the molecule is CC1(C)CC(Nc2ncnc3c2ncn3[C@@H]2O[C@H](COP(=O)(O)OP(=O)(O)O)[C@@H](O)[C@H]2O)CC(C)(C)N1[O]. The molecule has 2 saturated heterocycles. The predicted molar refractivity (Wildman–Crippen MR) is 127 cm³/mol. The summed E-state index contributed by atoms with van der Waals surface area (Å²) in [6.07, 6.45) is -2.07. The van der Waals surface area contributed by atoms with Gasteiger partial charge in [-0.25, -0.2) is 24.1 Å². The summed E-state index contributed by atoms with van der Waals surface area (Å²) in [4.78, 5) is 39.7. The number of rotatable bonds is 8. The zero-order valence-corrected chi connectivity index (χ0v) is 22.8. The third-order valence-electron chi connectivity index (χ3n) is 6.51. The molecule has 4 heterocycles. The minimum Gasteiger partial charge on any atom is -0.387 e. The van der Waals surface area contributed by atoms with E-state index in [0.29, 0.717) is 24.2 Å². The van der Waals surface area contributed by atoms with Gasteiger partial charge in [-0.2, -0.15) is 4.31 Å². The first-order chi connectivity index (χ1) is 17.4. The molecule has 2 aromatic heterocycles. The second kappa shape index (κ2) is 10.1. The molecule has 0 spiro atoms. The van der Waals surface area contributed by atoms with Crippen molar-refractivity contribution in [2.24, 2.45) is 0 Å². The molecular weight excluding hydrogens is 550 g/mol. The number of ether oxygens (including phenoxy) is 1. The Balaban J connectivity index is 1.51. The fourth-order valence-corrected chi connectivity index (χ4v) is 6.72. The number of nitrogens with zero attached hydrogens (tertiary/aromatic N) is 5. The Morgan fingerprint density at radius 2 is 1.71 bits per heavy atom. The van der Waals surface area contributed by atoms with Gasteiger partial charge in [-0.05, 0) is 40.5 Å². The summed E-state index contributed by atoms with van der Waals surface area (Å²) in [6, 6.07) is -0.102. The van der Waals surface area contributed by atoms with Crippen molar-refractivity contribution in [3.63, 3.8) is 0 Å². The van der Waals surface area contributed by atoms with Crippen molar-refractivity contribution >= 4 is 32.6 Å². The highest BCUT2D eigenvalue weighted by Gasteiger charge is 2.47. The fraction of sp³-hybridized carbons (Fsp3) is 0.737. The van der Waals surface area contributed by atoms with Crippen LogP contribution in [0.4, 0.5) is 5.82 Å². The van der Waals surface area contributed by atoms with Crippen molar-refractivity contribution in [1.29, 1.82) is 0 Å². The van der Waals surface area contributed by atoms with E-state index in [2.05, 4.69) is 29.1 Å². The van der Waals surface area contributed by atoms with E-state index in [-0.39, 0.29) is 11.7 Å². The van der Waals surface area contributed by atoms with Crippen LogP contribution in [0.25, 0.3) is 11.2 Å². The summed E-state index contributed by atoms with van der Waals surface area (Å²) < 4.78 is 37.7. The number of fused-ring (bicyclic) bond motifs is 1. The molecule has 6 N–H and O–H groups in total. The standard InChI is InChI=1S/C19H31N6O11P2/c1-18(2)5-10(6-19(3,4)25(18)28)23-15-12-16(21-8-20-15)24(9-22-12)17-14(27)13(26)11(35-17)7-34-38(32,33)36-37(29,30)31/h8-11,13-14,17,26-27H,5-7H2,1-4H3,(H,32,33)(H,20,21,23)(H2,29,30,31)/t11-,13-,14-,17-/m1/s1. The van der Waals surface area contributed by atoms with Gasteiger partial charge >= 0.3 is 15.6 Å². The predicted octanol–water partition coefficient (Wildman–Crippen LogP) is 0.451. The Hall–Kier alpha value is -1.59. The Kier molecular flexibility index (Phi) is 7.82. The van der Waals surface area contributed by atoms with Gasteiger partial charge in [0.2, 0.25) is 0 Å². The van der Waals surface area contributed by atoms with Crippen LogP contribution in [-0.2, 0) is 27.9 Å². The van der Waals surface area contributed by atoms with Crippen LogP contribution in [0.3, 0.4) is 0 Å². The maximum atomic E-state index is 12.7. The Morgan fingerprint density at radius 3 is 2.32 bits per heavy atom. The van der Waals surface area contributed by atoms with Crippen LogP contribution in [0.15, 0.2) is 12.7 Å². The summed E-state index contributed by atoms with van der Waals surface area (Å²) in [7, 11) is -10.5. The Bertz CT molecular complexity index is 1250. The molecule has 4 rings (SSSR count). The van der Waals surface area contributed by atoms with Crippen LogP contribution < -0.4 is 5.32 Å². The lowest BCUT2D eigenvalue weighted by Crippen LogP contribution is -2.60. The van der Waals surface area contributed by atoms with Crippen LogP contribution in [-0.4, -0.2) is 91.5 Å². The van der Waals surface area contributed by atoms with Gasteiger partial charge < -0.3 is 34.9 Å². The summed E-state index contributed by atoms with van der Waals surface area (Å²) in [5.41, 5.74) is -0.644. The molecule has 38 heavy (non-hydrogen) atoms. The van der Waals surface area contributed by atoms with Gasteiger partial charge in [-0.3, -0.25) is 9.09 Å². The average Bonchev–Trinajstić information content (AvgIpc) is 3.31. The molecule has 0 saturated carbocycles. The molecule has 2 aliphatic heterocycles. The van der Waals surface area contributed by atoms with Crippen molar-refractivity contribution < 1.29 is 52.8 Å². The second-order valence-electron chi connectivity index (χ2n) is 10.6. The van der Waals surface area contributed by atoms with Gasteiger partial charge in [-0.15, -0.1) is 10.3 Å². The quantitative estimate of drug-likeness (QED) is 0.232. The number of hydrogen-bond acceptors (Lipinski definition) is 12.